The first-order chi connectivity index (χ1) is 8.61. The summed E-state index contributed by atoms with van der Waals surface area (Å²) in [4.78, 5) is 14.4. The van der Waals surface area contributed by atoms with Crippen molar-refractivity contribution in [3.05, 3.63) is 34.3 Å². The van der Waals surface area contributed by atoms with E-state index in [4.69, 9.17) is 17.3 Å². The molecule has 0 radical (unpaired) electrons. The average Bonchev–Trinajstić information content (AvgIpc) is 2.36. The summed E-state index contributed by atoms with van der Waals surface area (Å²) in [6.07, 6.45) is 3.21. The van der Waals surface area contributed by atoms with Gasteiger partial charge < -0.3 is 10.6 Å². The van der Waals surface area contributed by atoms with Gasteiger partial charge in [-0.05, 0) is 49.9 Å². The maximum absolute atomic E-state index is 12.5. The van der Waals surface area contributed by atoms with E-state index in [0.29, 0.717) is 17.1 Å². The van der Waals surface area contributed by atoms with Crippen molar-refractivity contribution in [1.82, 2.24) is 4.90 Å². The van der Waals surface area contributed by atoms with Crippen molar-refractivity contribution in [3.63, 3.8) is 0 Å². The first kappa shape index (κ1) is 13.4. The molecule has 0 bridgehead atoms. The maximum atomic E-state index is 12.5. The molecule has 1 unspecified atom stereocenters. The van der Waals surface area contributed by atoms with Gasteiger partial charge in [0.1, 0.15) is 0 Å². The summed E-state index contributed by atoms with van der Waals surface area (Å²) < 4.78 is 0. The number of benzene rings is 1. The van der Waals surface area contributed by atoms with Gasteiger partial charge in [-0.15, -0.1) is 0 Å². The van der Waals surface area contributed by atoms with Crippen LogP contribution in [-0.4, -0.2) is 29.9 Å². The van der Waals surface area contributed by atoms with Crippen LogP contribution in [-0.2, 0) is 0 Å². The topological polar surface area (TPSA) is 46.3 Å². The van der Waals surface area contributed by atoms with Gasteiger partial charge in [-0.1, -0.05) is 11.6 Å². The molecule has 3 nitrogen and oxygen atoms in total. The van der Waals surface area contributed by atoms with E-state index in [9.17, 15) is 4.79 Å². The van der Waals surface area contributed by atoms with Crippen LogP contribution in [0.5, 0.6) is 0 Å². The summed E-state index contributed by atoms with van der Waals surface area (Å²) in [6, 6.07) is 5.65. The first-order valence-electron chi connectivity index (χ1n) is 6.40. The number of halogens is 1. The molecule has 1 atom stereocenters. The predicted molar refractivity (Wildman–Crippen MR) is 73.9 cm³/mol. The second kappa shape index (κ2) is 5.72. The third kappa shape index (κ3) is 2.85. The molecule has 1 saturated heterocycles. The Labute approximate surface area is 113 Å². The van der Waals surface area contributed by atoms with E-state index in [1.165, 1.54) is 0 Å². The van der Waals surface area contributed by atoms with Crippen molar-refractivity contribution >= 4 is 17.5 Å². The van der Waals surface area contributed by atoms with Crippen molar-refractivity contribution in [3.8, 4) is 0 Å². The first-order valence-corrected chi connectivity index (χ1v) is 6.78. The number of nitrogens with two attached hydrogens (primary N) is 1. The Morgan fingerprint density at radius 1 is 1.44 bits per heavy atom. The largest absolute Gasteiger partial charge is 0.334 e. The number of carbonyl (C=O) groups excluding carboxylic acids is 1. The Kier molecular flexibility index (Phi) is 4.25. The minimum Gasteiger partial charge on any atom is -0.334 e. The van der Waals surface area contributed by atoms with Crippen molar-refractivity contribution in [2.45, 2.75) is 32.2 Å². The molecular formula is C14H19ClN2O. The van der Waals surface area contributed by atoms with E-state index >= 15 is 0 Å². The zero-order chi connectivity index (χ0) is 13.1. The molecule has 0 aliphatic carbocycles. The van der Waals surface area contributed by atoms with Gasteiger partial charge in [0.05, 0.1) is 0 Å². The fourth-order valence-corrected chi connectivity index (χ4v) is 2.83. The molecule has 2 rings (SSSR count). The molecular weight excluding hydrogens is 248 g/mol. The lowest BCUT2D eigenvalue weighted by molar-refractivity contribution is 0.0623. The van der Waals surface area contributed by atoms with Crippen LogP contribution in [0.3, 0.4) is 0 Å². The van der Waals surface area contributed by atoms with E-state index in [-0.39, 0.29) is 11.9 Å². The van der Waals surface area contributed by atoms with Crippen molar-refractivity contribution in [2.75, 3.05) is 13.1 Å². The van der Waals surface area contributed by atoms with Gasteiger partial charge >= 0.3 is 0 Å². The van der Waals surface area contributed by atoms with Gasteiger partial charge in [0.25, 0.3) is 5.91 Å². The highest BCUT2D eigenvalue weighted by Gasteiger charge is 2.26. The van der Waals surface area contributed by atoms with Gasteiger partial charge in [-0.3, -0.25) is 4.79 Å². The van der Waals surface area contributed by atoms with Crippen LogP contribution in [0.2, 0.25) is 5.02 Å². The highest BCUT2D eigenvalue weighted by Crippen LogP contribution is 2.21. The molecule has 1 amide bonds. The van der Waals surface area contributed by atoms with Crippen LogP contribution in [0, 0.1) is 6.92 Å². The van der Waals surface area contributed by atoms with E-state index in [1.807, 2.05) is 24.0 Å². The molecule has 0 aromatic heterocycles. The number of amides is 1. The van der Waals surface area contributed by atoms with Crippen LogP contribution in [0.15, 0.2) is 18.2 Å². The SMILES string of the molecule is Cc1cc(Cl)cc(C(=O)N2CCCCC2CN)c1. The van der Waals surface area contributed by atoms with Crippen molar-refractivity contribution < 1.29 is 4.79 Å². The maximum Gasteiger partial charge on any atom is 0.254 e. The van der Waals surface area contributed by atoms with Crippen LogP contribution >= 0.6 is 11.6 Å². The molecule has 1 heterocycles. The summed E-state index contributed by atoms with van der Waals surface area (Å²) in [6.45, 7) is 3.27. The fraction of sp³-hybridized carbons (Fsp3) is 0.500. The second-order valence-electron chi connectivity index (χ2n) is 4.90. The van der Waals surface area contributed by atoms with Crippen molar-refractivity contribution in [1.29, 1.82) is 0 Å². The third-order valence-corrected chi connectivity index (χ3v) is 3.67. The van der Waals surface area contributed by atoms with E-state index in [0.717, 1.165) is 31.4 Å². The molecule has 1 fully saturated rings. The zero-order valence-corrected chi connectivity index (χ0v) is 11.4. The number of hydrogen-bond acceptors (Lipinski definition) is 2. The summed E-state index contributed by atoms with van der Waals surface area (Å²) in [5.74, 6) is 0.0516. The van der Waals surface area contributed by atoms with Crippen LogP contribution in [0.1, 0.15) is 35.2 Å². The third-order valence-electron chi connectivity index (χ3n) is 3.45. The van der Waals surface area contributed by atoms with E-state index in [2.05, 4.69) is 0 Å². The van der Waals surface area contributed by atoms with E-state index in [1.54, 1.807) is 6.07 Å². The number of hydrogen-bond donors (Lipinski definition) is 1. The van der Waals surface area contributed by atoms with Crippen LogP contribution in [0.25, 0.3) is 0 Å². The molecule has 4 heteroatoms. The second-order valence-corrected chi connectivity index (χ2v) is 5.34. The Balaban J connectivity index is 2.23. The Hall–Kier alpha value is -1.06. The highest BCUT2D eigenvalue weighted by atomic mass is 35.5. The summed E-state index contributed by atoms with van der Waals surface area (Å²) in [5, 5.41) is 0.611. The van der Waals surface area contributed by atoms with E-state index < -0.39 is 0 Å². The zero-order valence-electron chi connectivity index (χ0n) is 10.7. The normalized spacial score (nSPS) is 19.9. The Morgan fingerprint density at radius 3 is 2.89 bits per heavy atom. The molecule has 98 valence electrons. The minimum atomic E-state index is 0.0516. The number of carbonyl (C=O) groups is 1. The fourth-order valence-electron chi connectivity index (χ4n) is 2.54. The van der Waals surface area contributed by atoms with Gasteiger partial charge in [-0.25, -0.2) is 0 Å². The lowest BCUT2D eigenvalue weighted by Gasteiger charge is -2.35. The molecule has 1 aliphatic heterocycles. The van der Waals surface area contributed by atoms with Crippen molar-refractivity contribution in [2.24, 2.45) is 5.73 Å². The Morgan fingerprint density at radius 2 is 2.22 bits per heavy atom. The summed E-state index contributed by atoms with van der Waals surface area (Å²) >= 11 is 6.01. The molecule has 1 aliphatic rings. The number of aryl methyl sites for hydroxylation is 1. The van der Waals surface area contributed by atoms with Gasteiger partial charge in [0.2, 0.25) is 0 Å². The molecule has 1 aromatic carbocycles. The molecule has 1 aromatic rings. The number of nitrogens with zero attached hydrogens (tertiary/aromatic N) is 1. The number of piperidine rings is 1. The van der Waals surface area contributed by atoms with Crippen LogP contribution in [0.4, 0.5) is 0 Å². The summed E-state index contributed by atoms with van der Waals surface area (Å²) in [5.41, 5.74) is 7.42. The standard InChI is InChI=1S/C14H19ClN2O/c1-10-6-11(8-12(15)7-10)14(18)17-5-3-2-4-13(17)9-16/h6-8,13H,2-5,9,16H2,1H3. The summed E-state index contributed by atoms with van der Waals surface area (Å²) in [7, 11) is 0. The van der Waals surface area contributed by atoms with Gasteiger partial charge in [0, 0.05) is 29.7 Å². The van der Waals surface area contributed by atoms with Gasteiger partial charge in [-0.2, -0.15) is 0 Å². The predicted octanol–water partition coefficient (Wildman–Crippen LogP) is 2.60. The monoisotopic (exact) mass is 266 g/mol. The number of rotatable bonds is 2. The Bertz CT molecular complexity index is 427. The highest BCUT2D eigenvalue weighted by molar-refractivity contribution is 6.31. The molecule has 2 N–H and O–H groups in total. The molecule has 18 heavy (non-hydrogen) atoms. The van der Waals surface area contributed by atoms with Crippen LogP contribution < -0.4 is 5.73 Å². The van der Waals surface area contributed by atoms with Gasteiger partial charge in [0.15, 0.2) is 0 Å². The number of likely N-dealkylation sites (tertiary alicyclic amines) is 1. The minimum absolute atomic E-state index is 0.0516. The lowest BCUT2D eigenvalue weighted by atomic mass is 10.0. The molecule has 0 spiro atoms. The smallest absolute Gasteiger partial charge is 0.254 e. The lowest BCUT2D eigenvalue weighted by Crippen LogP contribution is -2.47. The average molecular weight is 267 g/mol. The quantitative estimate of drug-likeness (QED) is 0.894. The molecule has 0 saturated carbocycles.